The van der Waals surface area contributed by atoms with E-state index in [-0.39, 0.29) is 12.5 Å². The van der Waals surface area contributed by atoms with Crippen molar-refractivity contribution in [3.05, 3.63) is 0 Å². The average Bonchev–Trinajstić information content (AvgIpc) is 2.01. The van der Waals surface area contributed by atoms with E-state index in [4.69, 9.17) is 0 Å². The van der Waals surface area contributed by atoms with Crippen LogP contribution in [0.2, 0.25) is 0 Å². The van der Waals surface area contributed by atoms with Gasteiger partial charge in [-0.25, -0.2) is 0 Å². The zero-order valence-electron chi connectivity index (χ0n) is 7.97. The third-order valence-electron chi connectivity index (χ3n) is 2.18. The zero-order chi connectivity index (χ0) is 10.8. The molecule has 0 atom stereocenters. The average molecular weight is 210 g/mol. The summed E-state index contributed by atoms with van der Waals surface area (Å²) in [7, 11) is 0. The van der Waals surface area contributed by atoms with Gasteiger partial charge in [0.2, 0.25) is 5.91 Å². The number of hydrogen-bond donors (Lipinski definition) is 0. The zero-order valence-corrected chi connectivity index (χ0v) is 7.97. The Morgan fingerprint density at radius 1 is 1.36 bits per heavy atom. The van der Waals surface area contributed by atoms with Crippen LogP contribution in [-0.4, -0.2) is 54.6 Å². The number of carbonyl (C=O) groups excluding carboxylic acids is 1. The Bertz CT molecular complexity index is 217. The van der Waals surface area contributed by atoms with Crippen molar-refractivity contribution in [2.45, 2.75) is 13.1 Å². The van der Waals surface area contributed by atoms with Gasteiger partial charge in [-0.3, -0.25) is 9.69 Å². The Morgan fingerprint density at radius 2 is 2.00 bits per heavy atom. The Kier molecular flexibility index (Phi) is 3.36. The largest absolute Gasteiger partial charge is 0.401 e. The van der Waals surface area contributed by atoms with Crippen LogP contribution in [0.15, 0.2) is 0 Å². The first kappa shape index (κ1) is 11.3. The molecule has 1 aliphatic rings. The van der Waals surface area contributed by atoms with Gasteiger partial charge < -0.3 is 4.90 Å². The first-order valence-electron chi connectivity index (χ1n) is 4.49. The minimum absolute atomic E-state index is 0.118. The lowest BCUT2D eigenvalue weighted by atomic mass is 10.3. The van der Waals surface area contributed by atoms with E-state index in [0.29, 0.717) is 19.6 Å². The molecule has 0 aromatic carbocycles. The standard InChI is InChI=1S/C8H13F3N2O/c1-2-13-4-3-12(5-7(13)14)6-8(9,10)11/h2-6H2,1H3. The molecule has 14 heavy (non-hydrogen) atoms. The number of nitrogens with zero attached hydrogens (tertiary/aromatic N) is 2. The molecule has 0 radical (unpaired) electrons. The van der Waals surface area contributed by atoms with Gasteiger partial charge in [-0.1, -0.05) is 0 Å². The van der Waals surface area contributed by atoms with Crippen LogP contribution in [0, 0.1) is 0 Å². The predicted octanol–water partition coefficient (Wildman–Crippen LogP) is 0.713. The summed E-state index contributed by atoms with van der Waals surface area (Å²) in [5.74, 6) is -0.219. The Balaban J connectivity index is 2.43. The highest BCUT2D eigenvalue weighted by Crippen LogP contribution is 2.17. The monoisotopic (exact) mass is 210 g/mol. The van der Waals surface area contributed by atoms with Gasteiger partial charge in [0, 0.05) is 19.6 Å². The van der Waals surface area contributed by atoms with Gasteiger partial charge in [0.25, 0.3) is 0 Å². The number of halogens is 3. The first-order chi connectivity index (χ1) is 6.42. The molecular formula is C8H13F3N2O. The number of amides is 1. The number of piperazine rings is 1. The van der Waals surface area contributed by atoms with Gasteiger partial charge in [-0.2, -0.15) is 13.2 Å². The third kappa shape index (κ3) is 3.17. The highest BCUT2D eigenvalue weighted by atomic mass is 19.4. The molecule has 1 aliphatic heterocycles. The van der Waals surface area contributed by atoms with Crippen LogP contribution in [0.3, 0.4) is 0 Å². The summed E-state index contributed by atoms with van der Waals surface area (Å²) in [6.45, 7) is 1.98. The lowest BCUT2D eigenvalue weighted by Crippen LogP contribution is -2.52. The molecule has 1 saturated heterocycles. The molecule has 0 bridgehead atoms. The smallest absolute Gasteiger partial charge is 0.341 e. The number of alkyl halides is 3. The Hall–Kier alpha value is -0.780. The van der Waals surface area contributed by atoms with E-state index in [0.717, 1.165) is 4.90 Å². The SMILES string of the molecule is CCN1CCN(CC(F)(F)F)CC1=O. The number of rotatable bonds is 2. The highest BCUT2D eigenvalue weighted by Gasteiger charge is 2.33. The predicted molar refractivity (Wildman–Crippen MR) is 44.7 cm³/mol. The van der Waals surface area contributed by atoms with Gasteiger partial charge in [-0.05, 0) is 6.92 Å². The topological polar surface area (TPSA) is 23.6 Å². The van der Waals surface area contributed by atoms with Crippen molar-refractivity contribution in [3.8, 4) is 0 Å². The number of carbonyl (C=O) groups is 1. The van der Waals surface area contributed by atoms with Crippen LogP contribution in [0.25, 0.3) is 0 Å². The fourth-order valence-corrected chi connectivity index (χ4v) is 1.48. The van der Waals surface area contributed by atoms with Crippen molar-refractivity contribution in [2.75, 3.05) is 32.7 Å². The second kappa shape index (κ2) is 4.16. The maximum Gasteiger partial charge on any atom is 0.401 e. The Labute approximate surface area is 80.5 Å². The first-order valence-corrected chi connectivity index (χ1v) is 4.49. The van der Waals surface area contributed by atoms with E-state index < -0.39 is 12.7 Å². The van der Waals surface area contributed by atoms with Crippen molar-refractivity contribution in [2.24, 2.45) is 0 Å². The summed E-state index contributed by atoms with van der Waals surface area (Å²) in [4.78, 5) is 13.9. The maximum absolute atomic E-state index is 12.0. The molecule has 1 fully saturated rings. The van der Waals surface area contributed by atoms with Crippen LogP contribution < -0.4 is 0 Å². The van der Waals surface area contributed by atoms with Gasteiger partial charge in [0.05, 0.1) is 13.1 Å². The fraction of sp³-hybridized carbons (Fsp3) is 0.875. The third-order valence-corrected chi connectivity index (χ3v) is 2.18. The second-order valence-corrected chi connectivity index (χ2v) is 3.30. The van der Waals surface area contributed by atoms with Crippen LogP contribution in [0.1, 0.15) is 6.92 Å². The molecular weight excluding hydrogens is 197 g/mol. The van der Waals surface area contributed by atoms with Crippen LogP contribution in [-0.2, 0) is 4.79 Å². The summed E-state index contributed by atoms with van der Waals surface area (Å²) in [6.07, 6.45) is -4.21. The van der Waals surface area contributed by atoms with E-state index in [1.165, 1.54) is 0 Å². The summed E-state index contributed by atoms with van der Waals surface area (Å²) < 4.78 is 35.9. The molecule has 0 aromatic heterocycles. The molecule has 0 spiro atoms. The molecule has 0 unspecified atom stereocenters. The van der Waals surface area contributed by atoms with Gasteiger partial charge >= 0.3 is 6.18 Å². The summed E-state index contributed by atoms with van der Waals surface area (Å²) in [5, 5.41) is 0. The molecule has 3 nitrogen and oxygen atoms in total. The molecule has 1 heterocycles. The van der Waals surface area contributed by atoms with E-state index in [2.05, 4.69) is 0 Å². The molecule has 0 saturated carbocycles. The minimum atomic E-state index is -4.21. The van der Waals surface area contributed by atoms with Crippen LogP contribution in [0.5, 0.6) is 0 Å². The van der Waals surface area contributed by atoms with E-state index in [1.807, 2.05) is 6.92 Å². The molecule has 0 aliphatic carbocycles. The minimum Gasteiger partial charge on any atom is -0.341 e. The van der Waals surface area contributed by atoms with Crippen molar-refractivity contribution >= 4 is 5.91 Å². The van der Waals surface area contributed by atoms with Crippen molar-refractivity contribution in [1.82, 2.24) is 9.80 Å². The molecule has 82 valence electrons. The molecule has 0 aromatic rings. The summed E-state index contributed by atoms with van der Waals surface area (Å²) in [5.41, 5.74) is 0. The molecule has 6 heteroatoms. The summed E-state index contributed by atoms with van der Waals surface area (Å²) in [6, 6.07) is 0. The lowest BCUT2D eigenvalue weighted by molar-refractivity contribution is -0.157. The summed E-state index contributed by atoms with van der Waals surface area (Å²) >= 11 is 0. The second-order valence-electron chi connectivity index (χ2n) is 3.30. The van der Waals surface area contributed by atoms with E-state index >= 15 is 0 Å². The highest BCUT2D eigenvalue weighted by molar-refractivity contribution is 5.78. The van der Waals surface area contributed by atoms with Crippen molar-refractivity contribution in [1.29, 1.82) is 0 Å². The number of hydrogen-bond acceptors (Lipinski definition) is 2. The van der Waals surface area contributed by atoms with Gasteiger partial charge in [0.15, 0.2) is 0 Å². The van der Waals surface area contributed by atoms with Crippen molar-refractivity contribution in [3.63, 3.8) is 0 Å². The fourth-order valence-electron chi connectivity index (χ4n) is 1.48. The quantitative estimate of drug-likeness (QED) is 0.670. The molecule has 1 amide bonds. The maximum atomic E-state index is 12.0. The lowest BCUT2D eigenvalue weighted by Gasteiger charge is -2.33. The van der Waals surface area contributed by atoms with Gasteiger partial charge in [0.1, 0.15) is 0 Å². The molecule has 0 N–H and O–H groups in total. The van der Waals surface area contributed by atoms with E-state index in [9.17, 15) is 18.0 Å². The Morgan fingerprint density at radius 3 is 2.43 bits per heavy atom. The normalized spacial score (nSPS) is 20.3. The van der Waals surface area contributed by atoms with Gasteiger partial charge in [-0.15, -0.1) is 0 Å². The molecule has 1 rings (SSSR count). The van der Waals surface area contributed by atoms with E-state index in [1.54, 1.807) is 4.90 Å². The van der Waals surface area contributed by atoms with Crippen molar-refractivity contribution < 1.29 is 18.0 Å². The number of likely N-dealkylation sites (N-methyl/N-ethyl adjacent to an activating group) is 1. The van der Waals surface area contributed by atoms with Crippen LogP contribution in [0.4, 0.5) is 13.2 Å². The van der Waals surface area contributed by atoms with Crippen LogP contribution >= 0.6 is 0 Å².